The van der Waals surface area contributed by atoms with E-state index in [1.165, 1.54) is 0 Å². The van der Waals surface area contributed by atoms with Gasteiger partial charge in [-0.3, -0.25) is 0 Å². The van der Waals surface area contributed by atoms with Crippen LogP contribution in [0.2, 0.25) is 0 Å². The average Bonchev–Trinajstić information content (AvgIpc) is 2.16. The fourth-order valence-corrected chi connectivity index (χ4v) is 1.09. The van der Waals surface area contributed by atoms with Crippen molar-refractivity contribution in [3.05, 3.63) is 18.2 Å². The Hall–Kier alpha value is -1.20. The summed E-state index contributed by atoms with van der Waals surface area (Å²) in [6.45, 7) is 0. The molecule has 13 heavy (non-hydrogen) atoms. The fraction of sp³-hybridized carbons (Fsp3) is 0.250. The summed E-state index contributed by atoms with van der Waals surface area (Å²) >= 11 is 0. The van der Waals surface area contributed by atoms with E-state index in [9.17, 15) is 0 Å². The van der Waals surface area contributed by atoms with Crippen LogP contribution in [-0.4, -0.2) is 31.3 Å². The molecule has 0 bridgehead atoms. The van der Waals surface area contributed by atoms with Crippen LogP contribution in [0.25, 0.3) is 0 Å². The maximum atomic E-state index is 8.96. The van der Waals surface area contributed by atoms with Crippen molar-refractivity contribution in [3.63, 3.8) is 0 Å². The Morgan fingerprint density at radius 2 is 1.46 bits per heavy atom. The standard InChI is InChI=1S/C8H13BN2O2/c1-10-7-3-6(9(12)13)4-8(5-7)11-2/h3-5,10-13H,1-2H3. The summed E-state index contributed by atoms with van der Waals surface area (Å²) in [7, 11) is 2.13. The van der Waals surface area contributed by atoms with Gasteiger partial charge >= 0.3 is 7.12 Å². The largest absolute Gasteiger partial charge is 0.488 e. The second kappa shape index (κ2) is 4.16. The highest BCUT2D eigenvalue weighted by Crippen LogP contribution is 2.12. The van der Waals surface area contributed by atoms with Crippen molar-refractivity contribution in [2.75, 3.05) is 24.7 Å². The Bertz CT molecular complexity index is 269. The van der Waals surface area contributed by atoms with E-state index in [0.29, 0.717) is 5.46 Å². The van der Waals surface area contributed by atoms with Gasteiger partial charge in [0.25, 0.3) is 0 Å². The minimum Gasteiger partial charge on any atom is -0.423 e. The van der Waals surface area contributed by atoms with Gasteiger partial charge in [0.1, 0.15) is 0 Å². The van der Waals surface area contributed by atoms with Crippen LogP contribution >= 0.6 is 0 Å². The van der Waals surface area contributed by atoms with Crippen molar-refractivity contribution in [1.29, 1.82) is 0 Å². The summed E-state index contributed by atoms with van der Waals surface area (Å²) in [6.07, 6.45) is 0. The number of hydrogen-bond donors (Lipinski definition) is 4. The molecule has 1 aromatic carbocycles. The quantitative estimate of drug-likeness (QED) is 0.471. The maximum absolute atomic E-state index is 8.96. The van der Waals surface area contributed by atoms with E-state index in [1.54, 1.807) is 26.2 Å². The summed E-state index contributed by atoms with van der Waals surface area (Å²) in [5.74, 6) is 0. The molecule has 0 unspecified atom stereocenters. The summed E-state index contributed by atoms with van der Waals surface area (Å²) in [5.41, 5.74) is 2.15. The van der Waals surface area contributed by atoms with Gasteiger partial charge in [0, 0.05) is 25.5 Å². The predicted molar refractivity (Wildman–Crippen MR) is 55.4 cm³/mol. The van der Waals surface area contributed by atoms with E-state index < -0.39 is 7.12 Å². The molecule has 0 atom stereocenters. The topological polar surface area (TPSA) is 64.5 Å². The molecule has 4 nitrogen and oxygen atoms in total. The van der Waals surface area contributed by atoms with E-state index >= 15 is 0 Å². The van der Waals surface area contributed by atoms with E-state index in [1.807, 2.05) is 6.07 Å². The van der Waals surface area contributed by atoms with Crippen molar-refractivity contribution in [1.82, 2.24) is 0 Å². The number of nitrogens with one attached hydrogen (secondary N) is 2. The first kappa shape index (κ1) is 9.89. The van der Waals surface area contributed by atoms with Crippen LogP contribution in [0, 0.1) is 0 Å². The maximum Gasteiger partial charge on any atom is 0.488 e. The number of hydrogen-bond acceptors (Lipinski definition) is 4. The Morgan fingerprint density at radius 1 is 1.00 bits per heavy atom. The van der Waals surface area contributed by atoms with Crippen LogP contribution in [0.4, 0.5) is 11.4 Å². The van der Waals surface area contributed by atoms with Gasteiger partial charge in [-0.1, -0.05) is 0 Å². The van der Waals surface area contributed by atoms with Crippen molar-refractivity contribution in [3.8, 4) is 0 Å². The van der Waals surface area contributed by atoms with Crippen LogP contribution < -0.4 is 16.1 Å². The van der Waals surface area contributed by atoms with E-state index in [-0.39, 0.29) is 0 Å². The molecule has 0 radical (unpaired) electrons. The second-order valence-electron chi connectivity index (χ2n) is 2.72. The number of benzene rings is 1. The molecular formula is C8H13BN2O2. The average molecular weight is 180 g/mol. The van der Waals surface area contributed by atoms with Crippen LogP contribution in [-0.2, 0) is 0 Å². The summed E-state index contributed by atoms with van der Waals surface area (Å²) in [6, 6.07) is 5.25. The van der Waals surface area contributed by atoms with Crippen molar-refractivity contribution in [2.45, 2.75) is 0 Å². The lowest BCUT2D eigenvalue weighted by Crippen LogP contribution is -2.30. The Balaban J connectivity index is 3.07. The van der Waals surface area contributed by atoms with Crippen LogP contribution in [0.1, 0.15) is 0 Å². The smallest absolute Gasteiger partial charge is 0.423 e. The van der Waals surface area contributed by atoms with Crippen LogP contribution in [0.3, 0.4) is 0 Å². The van der Waals surface area contributed by atoms with E-state index in [4.69, 9.17) is 10.0 Å². The van der Waals surface area contributed by atoms with Crippen LogP contribution in [0.15, 0.2) is 18.2 Å². The van der Waals surface area contributed by atoms with Crippen molar-refractivity contribution < 1.29 is 10.0 Å². The van der Waals surface area contributed by atoms with Crippen molar-refractivity contribution >= 4 is 24.0 Å². The summed E-state index contributed by atoms with van der Waals surface area (Å²) < 4.78 is 0. The number of anilines is 2. The normalized spacial score (nSPS) is 9.54. The molecule has 0 amide bonds. The Kier molecular flexibility index (Phi) is 3.16. The Labute approximate surface area is 77.7 Å². The zero-order valence-corrected chi connectivity index (χ0v) is 7.70. The van der Waals surface area contributed by atoms with Gasteiger partial charge in [0.2, 0.25) is 0 Å². The summed E-state index contributed by atoms with van der Waals surface area (Å²) in [4.78, 5) is 0. The first-order valence-electron chi connectivity index (χ1n) is 4.04. The van der Waals surface area contributed by atoms with Crippen LogP contribution in [0.5, 0.6) is 0 Å². The van der Waals surface area contributed by atoms with Gasteiger partial charge in [-0.25, -0.2) is 0 Å². The van der Waals surface area contributed by atoms with Gasteiger partial charge in [-0.2, -0.15) is 0 Å². The molecular weight excluding hydrogens is 167 g/mol. The molecule has 0 saturated heterocycles. The van der Waals surface area contributed by atoms with Gasteiger partial charge < -0.3 is 20.7 Å². The predicted octanol–water partition coefficient (Wildman–Crippen LogP) is -0.550. The van der Waals surface area contributed by atoms with Crippen molar-refractivity contribution in [2.24, 2.45) is 0 Å². The first-order chi connectivity index (χ1) is 6.17. The molecule has 1 aromatic rings. The fourth-order valence-electron chi connectivity index (χ4n) is 1.09. The monoisotopic (exact) mass is 180 g/mol. The van der Waals surface area contributed by atoms with Gasteiger partial charge in [0.15, 0.2) is 0 Å². The third-order valence-corrected chi connectivity index (χ3v) is 1.83. The molecule has 0 aliphatic heterocycles. The summed E-state index contributed by atoms with van der Waals surface area (Å²) in [5, 5.41) is 23.8. The number of rotatable bonds is 3. The molecule has 1 rings (SSSR count). The lowest BCUT2D eigenvalue weighted by Gasteiger charge is -2.08. The molecule has 0 aromatic heterocycles. The zero-order valence-electron chi connectivity index (χ0n) is 7.70. The van der Waals surface area contributed by atoms with Gasteiger partial charge in [-0.15, -0.1) is 0 Å². The highest BCUT2D eigenvalue weighted by Gasteiger charge is 2.12. The molecule has 0 fully saturated rings. The highest BCUT2D eigenvalue weighted by molar-refractivity contribution is 6.58. The zero-order chi connectivity index (χ0) is 9.84. The SMILES string of the molecule is CNc1cc(NC)cc(B(O)O)c1. The molecule has 0 spiro atoms. The highest BCUT2D eigenvalue weighted by atomic mass is 16.4. The molecule has 70 valence electrons. The Morgan fingerprint density at radius 3 is 1.77 bits per heavy atom. The third-order valence-electron chi connectivity index (χ3n) is 1.83. The molecule has 0 aliphatic carbocycles. The first-order valence-corrected chi connectivity index (χ1v) is 4.04. The second-order valence-corrected chi connectivity index (χ2v) is 2.72. The molecule has 5 heteroatoms. The molecule has 0 heterocycles. The minimum atomic E-state index is -1.43. The molecule has 4 N–H and O–H groups in total. The lowest BCUT2D eigenvalue weighted by molar-refractivity contribution is 0.426. The lowest BCUT2D eigenvalue weighted by atomic mass is 9.80. The van der Waals surface area contributed by atoms with Gasteiger partial charge in [-0.05, 0) is 23.7 Å². The molecule has 0 saturated carbocycles. The van der Waals surface area contributed by atoms with Gasteiger partial charge in [0.05, 0.1) is 0 Å². The van der Waals surface area contributed by atoms with E-state index in [2.05, 4.69) is 10.6 Å². The molecule has 0 aliphatic rings. The minimum absolute atomic E-state index is 0.469. The van der Waals surface area contributed by atoms with E-state index in [0.717, 1.165) is 11.4 Å². The third kappa shape index (κ3) is 2.37.